The van der Waals surface area contributed by atoms with E-state index in [2.05, 4.69) is 5.32 Å². The van der Waals surface area contributed by atoms with Gasteiger partial charge in [-0.1, -0.05) is 36.2 Å². The molecule has 1 atom stereocenters. The van der Waals surface area contributed by atoms with E-state index in [9.17, 15) is 9.59 Å². The van der Waals surface area contributed by atoms with Gasteiger partial charge in [0.15, 0.2) is 6.61 Å². The molecule has 0 fully saturated rings. The van der Waals surface area contributed by atoms with Crippen LogP contribution in [-0.2, 0) is 16.1 Å². The second-order valence-electron chi connectivity index (χ2n) is 6.27. The summed E-state index contributed by atoms with van der Waals surface area (Å²) in [4.78, 5) is 26.8. The summed E-state index contributed by atoms with van der Waals surface area (Å²) < 4.78 is 10.7. The Bertz CT molecular complexity index is 843. The van der Waals surface area contributed by atoms with Gasteiger partial charge in [0.2, 0.25) is 5.91 Å². The van der Waals surface area contributed by atoms with Crippen molar-refractivity contribution in [2.45, 2.75) is 25.9 Å². The van der Waals surface area contributed by atoms with E-state index in [0.717, 1.165) is 5.56 Å². The normalized spacial score (nSPS) is 11.5. The summed E-state index contributed by atoms with van der Waals surface area (Å²) in [7, 11) is 3.12. The fourth-order valence-corrected chi connectivity index (χ4v) is 3.14. The molecule has 8 heteroatoms. The Kier molecular flexibility index (Phi) is 8.61. The zero-order chi connectivity index (χ0) is 21.4. The first-order chi connectivity index (χ1) is 13.9. The third-order valence-corrected chi connectivity index (χ3v) is 5.13. The Hall–Kier alpha value is -2.44. The van der Waals surface area contributed by atoms with Crippen LogP contribution < -0.4 is 14.8 Å². The Morgan fingerprint density at radius 2 is 1.72 bits per heavy atom. The topological polar surface area (TPSA) is 67.9 Å². The largest absolute Gasteiger partial charge is 0.497 e. The van der Waals surface area contributed by atoms with Crippen LogP contribution in [0.4, 0.5) is 0 Å². The van der Waals surface area contributed by atoms with Crippen molar-refractivity contribution in [1.29, 1.82) is 0 Å². The van der Waals surface area contributed by atoms with Crippen molar-refractivity contribution in [2.75, 3.05) is 20.8 Å². The lowest BCUT2D eigenvalue weighted by atomic mass is 10.1. The molecule has 2 aromatic carbocycles. The molecule has 0 aliphatic carbocycles. The first-order valence-electron chi connectivity index (χ1n) is 9.11. The van der Waals surface area contributed by atoms with E-state index in [1.54, 1.807) is 56.6 Å². The lowest BCUT2D eigenvalue weighted by Gasteiger charge is -2.30. The summed E-state index contributed by atoms with van der Waals surface area (Å²) in [5, 5.41) is 3.42. The SMILES string of the molecule is CC[C@H](C(=O)NC)N(Cc1ccc(Cl)c(Cl)c1)C(=O)COc1ccc(OC)cc1. The molecular formula is C21H24Cl2N2O4. The molecule has 0 radical (unpaired) electrons. The molecule has 156 valence electrons. The Morgan fingerprint density at radius 1 is 1.07 bits per heavy atom. The molecule has 0 saturated carbocycles. The molecule has 0 spiro atoms. The molecule has 0 heterocycles. The van der Waals surface area contributed by atoms with E-state index in [4.69, 9.17) is 32.7 Å². The van der Waals surface area contributed by atoms with Gasteiger partial charge in [-0.2, -0.15) is 0 Å². The minimum Gasteiger partial charge on any atom is -0.497 e. The number of rotatable bonds is 9. The standard InChI is InChI=1S/C21H24Cl2N2O4/c1-4-19(21(27)24-2)25(12-14-5-10-17(22)18(23)11-14)20(26)13-29-16-8-6-15(28-3)7-9-16/h5-11,19H,4,12-13H2,1-3H3,(H,24,27)/t19-/m1/s1. The number of benzene rings is 2. The van der Waals surface area contributed by atoms with Crippen molar-refractivity contribution in [3.63, 3.8) is 0 Å². The molecule has 0 aliphatic heterocycles. The van der Waals surface area contributed by atoms with Crippen molar-refractivity contribution in [3.8, 4) is 11.5 Å². The van der Waals surface area contributed by atoms with Gasteiger partial charge < -0.3 is 19.7 Å². The van der Waals surface area contributed by atoms with Crippen LogP contribution in [0.15, 0.2) is 42.5 Å². The number of ether oxygens (including phenoxy) is 2. The summed E-state index contributed by atoms with van der Waals surface area (Å²) in [6, 6.07) is 11.4. The molecule has 2 amide bonds. The molecule has 0 aliphatic rings. The zero-order valence-corrected chi connectivity index (χ0v) is 18.1. The van der Waals surface area contributed by atoms with E-state index in [1.807, 2.05) is 6.92 Å². The molecule has 0 unspecified atom stereocenters. The molecule has 2 rings (SSSR count). The maximum Gasteiger partial charge on any atom is 0.261 e. The fraction of sp³-hybridized carbons (Fsp3) is 0.333. The average Bonchev–Trinajstić information content (AvgIpc) is 2.74. The molecule has 29 heavy (non-hydrogen) atoms. The van der Waals surface area contributed by atoms with Crippen LogP contribution in [0.3, 0.4) is 0 Å². The highest BCUT2D eigenvalue weighted by Gasteiger charge is 2.28. The number of amides is 2. The van der Waals surface area contributed by atoms with Crippen molar-refractivity contribution in [1.82, 2.24) is 10.2 Å². The summed E-state index contributed by atoms with van der Waals surface area (Å²) in [6.45, 7) is 1.84. The molecule has 6 nitrogen and oxygen atoms in total. The van der Waals surface area contributed by atoms with E-state index in [0.29, 0.717) is 28.0 Å². The van der Waals surface area contributed by atoms with Crippen molar-refractivity contribution in [2.24, 2.45) is 0 Å². The van der Waals surface area contributed by atoms with Gasteiger partial charge in [-0.15, -0.1) is 0 Å². The Balaban J connectivity index is 2.18. The van der Waals surface area contributed by atoms with E-state index < -0.39 is 6.04 Å². The number of carbonyl (C=O) groups excluding carboxylic acids is 2. The maximum absolute atomic E-state index is 13.0. The van der Waals surface area contributed by atoms with Crippen LogP contribution in [-0.4, -0.2) is 43.5 Å². The minimum atomic E-state index is -0.638. The second-order valence-corrected chi connectivity index (χ2v) is 7.09. The molecule has 0 bridgehead atoms. The number of carbonyl (C=O) groups is 2. The number of halogens is 2. The highest BCUT2D eigenvalue weighted by Crippen LogP contribution is 2.24. The maximum atomic E-state index is 13.0. The quantitative estimate of drug-likeness (QED) is 0.643. The van der Waals surface area contributed by atoms with Crippen molar-refractivity contribution in [3.05, 3.63) is 58.1 Å². The number of nitrogens with zero attached hydrogens (tertiary/aromatic N) is 1. The number of methoxy groups -OCH3 is 1. The predicted octanol–water partition coefficient (Wildman–Crippen LogP) is 3.93. The third-order valence-electron chi connectivity index (χ3n) is 4.39. The van der Waals surface area contributed by atoms with E-state index >= 15 is 0 Å². The second kappa shape index (κ2) is 10.9. The van der Waals surface area contributed by atoms with Crippen LogP contribution in [0.5, 0.6) is 11.5 Å². The van der Waals surface area contributed by atoms with Crippen molar-refractivity contribution >= 4 is 35.0 Å². The summed E-state index contributed by atoms with van der Waals surface area (Å²) in [5.74, 6) is 0.657. The molecule has 2 aromatic rings. The zero-order valence-electron chi connectivity index (χ0n) is 16.6. The molecule has 0 saturated heterocycles. The van der Waals surface area contributed by atoms with Gasteiger partial charge in [0.25, 0.3) is 5.91 Å². The smallest absolute Gasteiger partial charge is 0.261 e. The number of likely N-dealkylation sites (N-methyl/N-ethyl adjacent to an activating group) is 1. The summed E-state index contributed by atoms with van der Waals surface area (Å²) in [5.41, 5.74) is 0.763. The van der Waals surface area contributed by atoms with Crippen LogP contribution in [0.2, 0.25) is 10.0 Å². The van der Waals surface area contributed by atoms with Crippen LogP contribution in [0.1, 0.15) is 18.9 Å². The van der Waals surface area contributed by atoms with Gasteiger partial charge in [-0.3, -0.25) is 9.59 Å². The van der Waals surface area contributed by atoms with Gasteiger partial charge in [-0.05, 0) is 48.4 Å². The number of hydrogen-bond acceptors (Lipinski definition) is 4. The van der Waals surface area contributed by atoms with Gasteiger partial charge in [-0.25, -0.2) is 0 Å². The first-order valence-corrected chi connectivity index (χ1v) is 9.87. The third kappa shape index (κ3) is 6.27. The van der Waals surface area contributed by atoms with E-state index in [1.165, 1.54) is 4.90 Å². The molecular weight excluding hydrogens is 415 g/mol. The van der Waals surface area contributed by atoms with Gasteiger partial charge >= 0.3 is 0 Å². The van der Waals surface area contributed by atoms with Crippen molar-refractivity contribution < 1.29 is 19.1 Å². The van der Waals surface area contributed by atoms with Gasteiger partial charge in [0, 0.05) is 13.6 Å². The number of nitrogens with one attached hydrogen (secondary N) is 1. The molecule has 1 N–H and O–H groups in total. The average molecular weight is 439 g/mol. The molecule has 0 aromatic heterocycles. The summed E-state index contributed by atoms with van der Waals surface area (Å²) >= 11 is 12.1. The van der Waals surface area contributed by atoms with Crippen LogP contribution >= 0.6 is 23.2 Å². The highest BCUT2D eigenvalue weighted by molar-refractivity contribution is 6.42. The van der Waals surface area contributed by atoms with Gasteiger partial charge in [0.1, 0.15) is 17.5 Å². The predicted molar refractivity (Wildman–Crippen MR) is 114 cm³/mol. The Labute approximate surface area is 180 Å². The van der Waals surface area contributed by atoms with E-state index in [-0.39, 0.29) is 25.0 Å². The lowest BCUT2D eigenvalue weighted by molar-refractivity contribution is -0.142. The monoisotopic (exact) mass is 438 g/mol. The minimum absolute atomic E-state index is 0.202. The summed E-state index contributed by atoms with van der Waals surface area (Å²) in [6.07, 6.45) is 0.454. The van der Waals surface area contributed by atoms with Crippen LogP contribution in [0, 0.1) is 0 Å². The lowest BCUT2D eigenvalue weighted by Crippen LogP contribution is -2.49. The highest BCUT2D eigenvalue weighted by atomic mass is 35.5. The first kappa shape index (κ1) is 22.8. The van der Waals surface area contributed by atoms with Gasteiger partial charge in [0.05, 0.1) is 17.2 Å². The van der Waals surface area contributed by atoms with Crippen LogP contribution in [0.25, 0.3) is 0 Å². The Morgan fingerprint density at radius 3 is 2.28 bits per heavy atom. The fourth-order valence-electron chi connectivity index (χ4n) is 2.82. The number of hydrogen-bond donors (Lipinski definition) is 1.